The van der Waals surface area contributed by atoms with E-state index in [-0.39, 0.29) is 12.3 Å². The van der Waals surface area contributed by atoms with Crippen LogP contribution in [0.3, 0.4) is 0 Å². The highest BCUT2D eigenvalue weighted by Crippen LogP contribution is 2.29. The average Bonchev–Trinajstić information content (AvgIpc) is 2.81. The molecule has 0 radical (unpaired) electrons. The first kappa shape index (κ1) is 31.1. The van der Waals surface area contributed by atoms with Crippen LogP contribution < -0.4 is 16.4 Å². The Balaban J connectivity index is 2.57. The van der Waals surface area contributed by atoms with E-state index in [2.05, 4.69) is 10.6 Å². The number of carbonyl (C=O) groups excluding carboxylic acids is 4. The minimum atomic E-state index is -1.37. The number of nitrogens with one attached hydrogen (secondary N) is 2. The van der Waals surface area contributed by atoms with Gasteiger partial charge in [-0.25, -0.2) is 4.79 Å². The third-order valence-corrected chi connectivity index (χ3v) is 5.91. The van der Waals surface area contributed by atoms with Crippen LogP contribution >= 0.6 is 0 Å². The van der Waals surface area contributed by atoms with E-state index >= 15 is 0 Å². The van der Waals surface area contributed by atoms with Crippen molar-refractivity contribution < 1.29 is 29.0 Å². The fourth-order valence-electron chi connectivity index (χ4n) is 4.12. The van der Waals surface area contributed by atoms with Crippen molar-refractivity contribution in [1.29, 1.82) is 0 Å². The van der Waals surface area contributed by atoms with Gasteiger partial charge in [0.1, 0.15) is 23.4 Å². The number of amides is 4. The molecule has 0 heterocycles. The number of phenolic OH excluding ortho intramolecular Hbond substituents is 1. The number of hydrogen-bond acceptors (Lipinski definition) is 6. The third-order valence-electron chi connectivity index (χ3n) is 5.91. The van der Waals surface area contributed by atoms with Gasteiger partial charge in [-0.1, -0.05) is 43.7 Å². The Labute approximate surface area is 229 Å². The molecule has 2 unspecified atom stereocenters. The summed E-state index contributed by atoms with van der Waals surface area (Å²) in [6.45, 7) is 10.8. The molecule has 0 bridgehead atoms. The molecule has 0 aliphatic rings. The maximum atomic E-state index is 14.0. The Hall–Kier alpha value is -4.08. The number of nitrogens with two attached hydrogens (primary N) is 1. The SMILES string of the molecule is CCCCN(C(=O)C(CC(N)=O)NC(=O)OC(C)(C)C)C(C(=O)Nc1c(C)cccc1C)c1cccc(O)c1. The lowest BCUT2D eigenvalue weighted by Gasteiger charge is -2.34. The number of carbonyl (C=O) groups is 4. The zero-order valence-electron chi connectivity index (χ0n) is 23.5. The molecule has 2 rings (SSSR count). The Bertz CT molecular complexity index is 1170. The summed E-state index contributed by atoms with van der Waals surface area (Å²) in [7, 11) is 0. The zero-order valence-corrected chi connectivity index (χ0v) is 23.5. The predicted octanol–water partition coefficient (Wildman–Crippen LogP) is 4.09. The molecule has 0 fully saturated rings. The molecule has 2 aromatic rings. The van der Waals surface area contributed by atoms with E-state index in [1.807, 2.05) is 39.0 Å². The van der Waals surface area contributed by atoms with Crippen LogP contribution in [0, 0.1) is 13.8 Å². The molecule has 0 saturated carbocycles. The van der Waals surface area contributed by atoms with Gasteiger partial charge in [0, 0.05) is 12.2 Å². The summed E-state index contributed by atoms with van der Waals surface area (Å²) in [6.07, 6.45) is -0.152. The topological polar surface area (TPSA) is 151 Å². The van der Waals surface area contributed by atoms with Crippen molar-refractivity contribution in [3.63, 3.8) is 0 Å². The molecule has 0 aliphatic heterocycles. The molecule has 0 aromatic heterocycles. The normalized spacial score (nSPS) is 12.7. The molecule has 212 valence electrons. The molecular formula is C29H40N4O6. The van der Waals surface area contributed by atoms with Gasteiger partial charge in [-0.05, 0) is 69.9 Å². The smallest absolute Gasteiger partial charge is 0.408 e. The van der Waals surface area contributed by atoms with Crippen LogP contribution in [0.4, 0.5) is 10.5 Å². The van der Waals surface area contributed by atoms with Crippen LogP contribution in [-0.2, 0) is 19.1 Å². The fourth-order valence-corrected chi connectivity index (χ4v) is 4.12. The maximum absolute atomic E-state index is 14.0. The van der Waals surface area contributed by atoms with Crippen molar-refractivity contribution in [2.75, 3.05) is 11.9 Å². The molecule has 10 heteroatoms. The average molecular weight is 541 g/mol. The molecular weight excluding hydrogens is 500 g/mol. The number of unbranched alkanes of at least 4 members (excludes halogenated alkanes) is 1. The number of aromatic hydroxyl groups is 1. The summed E-state index contributed by atoms with van der Waals surface area (Å²) in [6, 6.07) is 9.11. The van der Waals surface area contributed by atoms with E-state index in [1.54, 1.807) is 32.9 Å². The standard InChI is InChI=1S/C29H40N4O6/c1-7-8-15-33(27(37)22(17-23(30)35)31-28(38)39-29(4,5)6)25(20-13-10-14-21(34)16-20)26(36)32-24-18(2)11-9-12-19(24)3/h9-14,16,22,25,34H,7-8,15,17H2,1-6H3,(H2,30,35)(H,31,38)(H,32,36). The zero-order chi connectivity index (χ0) is 29.3. The summed E-state index contributed by atoms with van der Waals surface area (Å²) >= 11 is 0. The first-order valence-corrected chi connectivity index (χ1v) is 13.0. The summed E-state index contributed by atoms with van der Waals surface area (Å²) in [4.78, 5) is 53.7. The van der Waals surface area contributed by atoms with E-state index in [4.69, 9.17) is 10.5 Å². The van der Waals surface area contributed by atoms with Gasteiger partial charge < -0.3 is 31.1 Å². The third kappa shape index (κ3) is 9.31. The number of phenols is 1. The van der Waals surface area contributed by atoms with Gasteiger partial charge in [0.25, 0.3) is 5.91 Å². The second-order valence-corrected chi connectivity index (χ2v) is 10.5. The van der Waals surface area contributed by atoms with E-state index in [0.29, 0.717) is 24.1 Å². The molecule has 0 saturated heterocycles. The lowest BCUT2D eigenvalue weighted by atomic mass is 10.0. The summed E-state index contributed by atoms with van der Waals surface area (Å²) in [5.41, 5.74) is 7.22. The lowest BCUT2D eigenvalue weighted by Crippen LogP contribution is -2.53. The Morgan fingerprint density at radius 1 is 1.05 bits per heavy atom. The molecule has 39 heavy (non-hydrogen) atoms. The second-order valence-electron chi connectivity index (χ2n) is 10.5. The molecule has 2 atom stereocenters. The minimum absolute atomic E-state index is 0.0826. The van der Waals surface area contributed by atoms with Crippen molar-refractivity contribution in [2.45, 2.75) is 78.5 Å². The predicted molar refractivity (Wildman–Crippen MR) is 149 cm³/mol. The van der Waals surface area contributed by atoms with Crippen LogP contribution in [0.2, 0.25) is 0 Å². The number of ether oxygens (including phenoxy) is 1. The van der Waals surface area contributed by atoms with Crippen LogP contribution in [0.5, 0.6) is 5.75 Å². The number of rotatable bonds is 11. The molecule has 5 N–H and O–H groups in total. The van der Waals surface area contributed by atoms with E-state index in [9.17, 15) is 24.3 Å². The van der Waals surface area contributed by atoms with Gasteiger partial charge in [0.15, 0.2) is 0 Å². The highest BCUT2D eigenvalue weighted by molar-refractivity contribution is 6.00. The van der Waals surface area contributed by atoms with Crippen LogP contribution in [0.25, 0.3) is 0 Å². The number of primary amides is 1. The summed E-state index contributed by atoms with van der Waals surface area (Å²) in [5.74, 6) is -2.09. The number of benzene rings is 2. The number of hydrogen-bond donors (Lipinski definition) is 4. The first-order valence-electron chi connectivity index (χ1n) is 13.0. The van der Waals surface area contributed by atoms with Crippen molar-refractivity contribution in [3.8, 4) is 5.75 Å². The maximum Gasteiger partial charge on any atom is 0.408 e. The quantitative estimate of drug-likeness (QED) is 0.337. The summed E-state index contributed by atoms with van der Waals surface area (Å²) < 4.78 is 5.29. The van der Waals surface area contributed by atoms with Gasteiger partial charge in [0.2, 0.25) is 11.8 Å². The Morgan fingerprint density at radius 2 is 1.67 bits per heavy atom. The number of anilines is 1. The monoisotopic (exact) mass is 540 g/mol. The van der Waals surface area contributed by atoms with Gasteiger partial charge in [-0.3, -0.25) is 14.4 Å². The van der Waals surface area contributed by atoms with E-state index < -0.39 is 47.9 Å². The summed E-state index contributed by atoms with van der Waals surface area (Å²) in [5, 5.41) is 15.6. The lowest BCUT2D eigenvalue weighted by molar-refractivity contribution is -0.142. The Kier molecular flexibility index (Phi) is 10.9. The van der Waals surface area contributed by atoms with Crippen LogP contribution in [0.15, 0.2) is 42.5 Å². The Morgan fingerprint density at radius 3 is 2.21 bits per heavy atom. The van der Waals surface area contributed by atoms with Crippen molar-refractivity contribution in [1.82, 2.24) is 10.2 Å². The first-order chi connectivity index (χ1) is 18.2. The molecule has 0 spiro atoms. The highest BCUT2D eigenvalue weighted by atomic mass is 16.6. The largest absolute Gasteiger partial charge is 0.508 e. The molecule has 4 amide bonds. The number of aryl methyl sites for hydroxylation is 2. The van der Waals surface area contributed by atoms with Crippen LogP contribution in [-0.4, -0.2) is 52.0 Å². The van der Waals surface area contributed by atoms with Crippen molar-refractivity contribution in [3.05, 3.63) is 59.2 Å². The molecule has 10 nitrogen and oxygen atoms in total. The molecule has 0 aliphatic carbocycles. The van der Waals surface area contributed by atoms with E-state index in [0.717, 1.165) is 11.1 Å². The second kappa shape index (κ2) is 13.6. The number of para-hydroxylation sites is 1. The van der Waals surface area contributed by atoms with Gasteiger partial charge >= 0.3 is 6.09 Å². The number of nitrogens with zero attached hydrogens (tertiary/aromatic N) is 1. The highest BCUT2D eigenvalue weighted by Gasteiger charge is 2.37. The van der Waals surface area contributed by atoms with Gasteiger partial charge in [-0.15, -0.1) is 0 Å². The van der Waals surface area contributed by atoms with E-state index in [1.165, 1.54) is 17.0 Å². The minimum Gasteiger partial charge on any atom is -0.508 e. The van der Waals surface area contributed by atoms with Gasteiger partial charge in [-0.2, -0.15) is 0 Å². The van der Waals surface area contributed by atoms with Gasteiger partial charge in [0.05, 0.1) is 6.42 Å². The molecule has 2 aromatic carbocycles. The van der Waals surface area contributed by atoms with Crippen molar-refractivity contribution in [2.24, 2.45) is 5.73 Å². The number of alkyl carbamates (subject to hydrolysis) is 1. The van der Waals surface area contributed by atoms with Crippen LogP contribution in [0.1, 0.15) is 69.7 Å². The van der Waals surface area contributed by atoms with Crippen molar-refractivity contribution >= 4 is 29.5 Å². The fraction of sp³-hybridized carbons (Fsp3) is 0.448.